The lowest BCUT2D eigenvalue weighted by Crippen LogP contribution is -2.48. The lowest BCUT2D eigenvalue weighted by Gasteiger charge is -2.36. The number of esters is 2. The van der Waals surface area contributed by atoms with Gasteiger partial charge in [0.1, 0.15) is 18.3 Å². The lowest BCUT2D eigenvalue weighted by molar-refractivity contribution is -0.188. The summed E-state index contributed by atoms with van der Waals surface area (Å²) in [5.74, 6) is -1.62. The second-order valence-electron chi connectivity index (χ2n) is 10.3. The summed E-state index contributed by atoms with van der Waals surface area (Å²) in [6.07, 6.45) is 0.311. The van der Waals surface area contributed by atoms with Crippen molar-refractivity contribution in [2.45, 2.75) is 84.8 Å². The van der Waals surface area contributed by atoms with Crippen LogP contribution in [0.5, 0.6) is 11.5 Å². The molecule has 0 saturated carbocycles. The number of carbonyl (C=O) groups is 3. The van der Waals surface area contributed by atoms with Crippen LogP contribution in [0.1, 0.15) is 65.4 Å². The van der Waals surface area contributed by atoms with Crippen LogP contribution in [0.2, 0.25) is 0 Å². The molecule has 39 heavy (non-hydrogen) atoms. The first-order chi connectivity index (χ1) is 18.4. The second-order valence-corrected chi connectivity index (χ2v) is 10.3. The Morgan fingerprint density at radius 1 is 1.26 bits per heavy atom. The minimum Gasteiger partial charge on any atom is -0.493 e. The third-order valence-corrected chi connectivity index (χ3v) is 6.00. The van der Waals surface area contributed by atoms with Crippen molar-refractivity contribution in [3.05, 3.63) is 18.0 Å². The number of hydrogen-bond acceptors (Lipinski definition) is 11. The highest BCUT2D eigenvalue weighted by Gasteiger charge is 2.38. The number of nitrogens with zero attached hydrogens (tertiary/aromatic N) is 1. The first-order valence-corrected chi connectivity index (χ1v) is 13.1. The van der Waals surface area contributed by atoms with Gasteiger partial charge in [0, 0.05) is 25.8 Å². The standard InChI is InChI=1S/C27H42N2O10/c1-9-27(6,7)39-21-14-34-13-19(26(32)38-17(4)23(21)35-12-16(2)3)29-25(31)22-24(37-15-36-18(5)30)20(33-8)10-11-28-22/h10-11,16-17,19,21,23H,9,12-15H2,1-8H3,(H,29,31)/t17-,19-,21-,23-/m0/s1. The molecule has 1 aromatic heterocycles. The number of nitrogens with one attached hydrogen (secondary N) is 1. The third kappa shape index (κ3) is 9.94. The molecule has 2 heterocycles. The first kappa shape index (κ1) is 32.3. The van der Waals surface area contributed by atoms with Crippen LogP contribution in [0.25, 0.3) is 0 Å². The minimum absolute atomic E-state index is 0.0538. The Labute approximate surface area is 230 Å². The molecule has 220 valence electrons. The molecule has 1 fully saturated rings. The summed E-state index contributed by atoms with van der Waals surface area (Å²) >= 11 is 0. The van der Waals surface area contributed by atoms with Gasteiger partial charge in [-0.2, -0.15) is 0 Å². The maximum atomic E-state index is 13.2. The number of carbonyl (C=O) groups excluding carboxylic acids is 3. The Kier molecular flexibility index (Phi) is 12.4. The number of rotatable bonds is 12. The van der Waals surface area contributed by atoms with E-state index in [1.807, 2.05) is 34.6 Å². The summed E-state index contributed by atoms with van der Waals surface area (Å²) in [6.45, 7) is 12.9. The SMILES string of the molecule is CCC(C)(C)O[C@H]1COC[C@H](NC(=O)c2nccc(OC)c2OCOC(C)=O)C(=O)O[C@@H](C)[C@@H]1OCC(C)C. The molecule has 1 amide bonds. The average Bonchev–Trinajstić information content (AvgIpc) is 2.91. The van der Waals surface area contributed by atoms with Crippen molar-refractivity contribution in [1.82, 2.24) is 10.3 Å². The number of cyclic esters (lactones) is 1. The lowest BCUT2D eigenvalue weighted by atomic mass is 10.0. The van der Waals surface area contributed by atoms with Gasteiger partial charge in [-0.25, -0.2) is 9.78 Å². The third-order valence-electron chi connectivity index (χ3n) is 6.00. The molecule has 0 bridgehead atoms. The highest BCUT2D eigenvalue weighted by atomic mass is 16.7. The van der Waals surface area contributed by atoms with Gasteiger partial charge in [0.2, 0.25) is 6.79 Å². The molecule has 1 saturated heterocycles. The van der Waals surface area contributed by atoms with E-state index < -0.39 is 54.6 Å². The van der Waals surface area contributed by atoms with Gasteiger partial charge in [0.15, 0.2) is 23.2 Å². The van der Waals surface area contributed by atoms with Crippen LogP contribution in [0, 0.1) is 5.92 Å². The molecule has 1 N–H and O–H groups in total. The fourth-order valence-electron chi connectivity index (χ4n) is 3.63. The zero-order valence-corrected chi connectivity index (χ0v) is 24.1. The zero-order chi connectivity index (χ0) is 29.2. The van der Waals surface area contributed by atoms with Crippen molar-refractivity contribution in [2.75, 3.05) is 33.7 Å². The van der Waals surface area contributed by atoms with Crippen molar-refractivity contribution in [3.8, 4) is 11.5 Å². The van der Waals surface area contributed by atoms with Gasteiger partial charge in [-0.05, 0) is 33.1 Å². The number of pyridine rings is 1. The van der Waals surface area contributed by atoms with Crippen molar-refractivity contribution in [2.24, 2.45) is 5.92 Å². The van der Waals surface area contributed by atoms with Gasteiger partial charge < -0.3 is 38.5 Å². The van der Waals surface area contributed by atoms with Crippen LogP contribution in [0.4, 0.5) is 0 Å². The van der Waals surface area contributed by atoms with Crippen LogP contribution in [0.15, 0.2) is 12.3 Å². The van der Waals surface area contributed by atoms with Gasteiger partial charge in [-0.3, -0.25) is 9.59 Å². The Hall–Kier alpha value is -2.96. The number of amides is 1. The highest BCUT2D eigenvalue weighted by Crippen LogP contribution is 2.30. The van der Waals surface area contributed by atoms with Gasteiger partial charge >= 0.3 is 11.9 Å². The summed E-state index contributed by atoms with van der Waals surface area (Å²) in [6, 6.07) is 0.326. The second kappa shape index (κ2) is 15.0. The van der Waals surface area contributed by atoms with Crippen LogP contribution in [-0.2, 0) is 33.3 Å². The fraction of sp³-hybridized carbons (Fsp3) is 0.704. The monoisotopic (exact) mass is 554 g/mol. The molecule has 1 aromatic rings. The summed E-state index contributed by atoms with van der Waals surface area (Å²) in [5.41, 5.74) is -0.634. The molecular weight excluding hydrogens is 512 g/mol. The first-order valence-electron chi connectivity index (χ1n) is 13.1. The van der Waals surface area contributed by atoms with Crippen LogP contribution in [-0.4, -0.2) is 86.5 Å². The predicted octanol–water partition coefficient (Wildman–Crippen LogP) is 2.66. The molecule has 0 radical (unpaired) electrons. The largest absolute Gasteiger partial charge is 0.493 e. The molecule has 2 rings (SSSR count). The van der Waals surface area contributed by atoms with Crippen molar-refractivity contribution in [1.29, 1.82) is 0 Å². The van der Waals surface area contributed by atoms with Gasteiger partial charge in [-0.1, -0.05) is 20.8 Å². The van der Waals surface area contributed by atoms with E-state index >= 15 is 0 Å². The van der Waals surface area contributed by atoms with Crippen molar-refractivity contribution < 1.29 is 47.5 Å². The maximum absolute atomic E-state index is 13.2. The molecule has 0 unspecified atom stereocenters. The Bertz CT molecular complexity index is 968. The van der Waals surface area contributed by atoms with E-state index in [2.05, 4.69) is 10.3 Å². The highest BCUT2D eigenvalue weighted by molar-refractivity contribution is 5.98. The van der Waals surface area contributed by atoms with Crippen LogP contribution >= 0.6 is 0 Å². The van der Waals surface area contributed by atoms with E-state index in [0.717, 1.165) is 6.42 Å². The molecule has 1 aliphatic rings. The molecule has 12 heteroatoms. The Morgan fingerprint density at radius 3 is 2.59 bits per heavy atom. The molecule has 12 nitrogen and oxygen atoms in total. The predicted molar refractivity (Wildman–Crippen MR) is 139 cm³/mol. The molecule has 0 spiro atoms. The van der Waals surface area contributed by atoms with Crippen molar-refractivity contribution in [3.63, 3.8) is 0 Å². The average molecular weight is 555 g/mol. The number of aromatic nitrogens is 1. The normalized spacial score (nSPS) is 22.2. The smallest absolute Gasteiger partial charge is 0.331 e. The molecular formula is C27H42N2O10. The zero-order valence-electron chi connectivity index (χ0n) is 24.1. The number of hydrogen-bond donors (Lipinski definition) is 1. The fourth-order valence-corrected chi connectivity index (χ4v) is 3.63. The van der Waals surface area contributed by atoms with Gasteiger partial charge in [0.25, 0.3) is 5.91 Å². The number of methoxy groups -OCH3 is 1. The van der Waals surface area contributed by atoms with Gasteiger partial charge in [-0.15, -0.1) is 0 Å². The van der Waals surface area contributed by atoms with E-state index in [9.17, 15) is 14.4 Å². The maximum Gasteiger partial charge on any atom is 0.331 e. The quantitative estimate of drug-likeness (QED) is 0.301. The van der Waals surface area contributed by atoms with E-state index in [0.29, 0.717) is 6.61 Å². The summed E-state index contributed by atoms with van der Waals surface area (Å²) in [5, 5.41) is 2.61. The van der Waals surface area contributed by atoms with E-state index in [-0.39, 0.29) is 36.3 Å². The Morgan fingerprint density at radius 2 is 1.97 bits per heavy atom. The van der Waals surface area contributed by atoms with E-state index in [1.54, 1.807) is 6.92 Å². The molecule has 4 atom stereocenters. The summed E-state index contributed by atoms with van der Waals surface area (Å²) in [7, 11) is 1.39. The topological polar surface area (TPSA) is 141 Å². The summed E-state index contributed by atoms with van der Waals surface area (Å²) < 4.78 is 39.6. The summed E-state index contributed by atoms with van der Waals surface area (Å²) in [4.78, 5) is 41.5. The molecule has 0 aliphatic carbocycles. The van der Waals surface area contributed by atoms with E-state index in [4.69, 9.17) is 33.2 Å². The Balaban J connectivity index is 2.25. The van der Waals surface area contributed by atoms with E-state index in [1.165, 1.54) is 26.3 Å². The molecule has 0 aromatic carbocycles. The molecule has 1 aliphatic heterocycles. The van der Waals surface area contributed by atoms with Crippen LogP contribution < -0.4 is 14.8 Å². The van der Waals surface area contributed by atoms with Gasteiger partial charge in [0.05, 0.1) is 25.9 Å². The van der Waals surface area contributed by atoms with Crippen LogP contribution in [0.3, 0.4) is 0 Å². The number of ether oxygens (including phenoxy) is 7. The minimum atomic E-state index is -1.15. The van der Waals surface area contributed by atoms with Crippen molar-refractivity contribution >= 4 is 17.8 Å².